The first-order valence-electron chi connectivity index (χ1n) is 5.29. The van der Waals surface area contributed by atoms with E-state index in [0.717, 1.165) is 22.0 Å². The van der Waals surface area contributed by atoms with Crippen LogP contribution >= 0.6 is 31.9 Å². The third-order valence-electron chi connectivity index (χ3n) is 2.14. The summed E-state index contributed by atoms with van der Waals surface area (Å²) < 4.78 is 12.1. The fraction of sp³-hybridized carbons (Fsp3) is 0.500. The molecule has 1 atom stereocenters. The highest BCUT2D eigenvalue weighted by molar-refractivity contribution is 9.10. The van der Waals surface area contributed by atoms with E-state index in [4.69, 9.17) is 9.47 Å². The molecular formula is C12H16Br2O2. The van der Waals surface area contributed by atoms with Crippen LogP contribution in [0, 0.1) is 0 Å². The zero-order valence-corrected chi connectivity index (χ0v) is 12.5. The van der Waals surface area contributed by atoms with Gasteiger partial charge in [0.15, 0.2) is 0 Å². The Kier molecular flexibility index (Phi) is 7.28. The van der Waals surface area contributed by atoms with Crippen molar-refractivity contribution in [3.05, 3.63) is 34.3 Å². The topological polar surface area (TPSA) is 18.5 Å². The molecule has 0 bridgehead atoms. The molecule has 0 aromatic heterocycles. The standard InChI is InChI=1S/C12H16Br2O2/c1-2-15-7-8-16-12(9-13)10-5-3-4-6-11(10)14/h3-6,12H,2,7-9H2,1H3. The number of alkyl halides is 1. The summed E-state index contributed by atoms with van der Waals surface area (Å²) in [6, 6.07) is 8.11. The maximum atomic E-state index is 5.76. The molecule has 0 aliphatic carbocycles. The van der Waals surface area contributed by atoms with Crippen molar-refractivity contribution in [3.8, 4) is 0 Å². The van der Waals surface area contributed by atoms with Crippen LogP contribution in [0.15, 0.2) is 28.7 Å². The van der Waals surface area contributed by atoms with Gasteiger partial charge < -0.3 is 9.47 Å². The van der Waals surface area contributed by atoms with Crippen LogP contribution in [0.4, 0.5) is 0 Å². The lowest BCUT2D eigenvalue weighted by Gasteiger charge is -2.17. The molecule has 0 radical (unpaired) electrons. The van der Waals surface area contributed by atoms with Gasteiger partial charge in [0.2, 0.25) is 0 Å². The summed E-state index contributed by atoms with van der Waals surface area (Å²) in [6.45, 7) is 3.98. The lowest BCUT2D eigenvalue weighted by Crippen LogP contribution is -2.11. The number of benzene rings is 1. The summed E-state index contributed by atoms with van der Waals surface area (Å²) in [6.07, 6.45) is 0.0658. The smallest absolute Gasteiger partial charge is 0.0933 e. The lowest BCUT2D eigenvalue weighted by atomic mass is 10.1. The average molecular weight is 352 g/mol. The maximum Gasteiger partial charge on any atom is 0.0933 e. The van der Waals surface area contributed by atoms with Gasteiger partial charge in [-0.1, -0.05) is 50.1 Å². The summed E-state index contributed by atoms with van der Waals surface area (Å²) in [4.78, 5) is 0. The SMILES string of the molecule is CCOCCOC(CBr)c1ccccc1Br. The van der Waals surface area contributed by atoms with Crippen LogP contribution in [-0.2, 0) is 9.47 Å². The molecule has 2 nitrogen and oxygen atoms in total. The minimum absolute atomic E-state index is 0.0658. The molecule has 1 rings (SSSR count). The van der Waals surface area contributed by atoms with Gasteiger partial charge in [-0.25, -0.2) is 0 Å². The van der Waals surface area contributed by atoms with E-state index in [1.54, 1.807) is 0 Å². The van der Waals surface area contributed by atoms with Gasteiger partial charge >= 0.3 is 0 Å². The van der Waals surface area contributed by atoms with E-state index < -0.39 is 0 Å². The Bertz CT molecular complexity index is 305. The molecule has 0 aliphatic rings. The predicted octanol–water partition coefficient (Wildman–Crippen LogP) is 3.94. The first-order chi connectivity index (χ1) is 7.79. The highest BCUT2D eigenvalue weighted by atomic mass is 79.9. The predicted molar refractivity (Wildman–Crippen MR) is 73.1 cm³/mol. The fourth-order valence-corrected chi connectivity index (χ4v) is 2.42. The van der Waals surface area contributed by atoms with Crippen molar-refractivity contribution in [2.24, 2.45) is 0 Å². The molecule has 0 fully saturated rings. The van der Waals surface area contributed by atoms with E-state index in [9.17, 15) is 0 Å². The lowest BCUT2D eigenvalue weighted by molar-refractivity contribution is 0.0169. The van der Waals surface area contributed by atoms with Crippen molar-refractivity contribution in [1.82, 2.24) is 0 Å². The Morgan fingerprint density at radius 2 is 2.00 bits per heavy atom. The molecule has 0 N–H and O–H groups in total. The third-order valence-corrected chi connectivity index (χ3v) is 3.45. The second-order valence-electron chi connectivity index (χ2n) is 3.23. The van der Waals surface area contributed by atoms with Crippen molar-refractivity contribution in [3.63, 3.8) is 0 Å². The second kappa shape index (κ2) is 8.23. The van der Waals surface area contributed by atoms with Crippen molar-refractivity contribution in [1.29, 1.82) is 0 Å². The molecule has 90 valence electrons. The molecule has 1 aromatic carbocycles. The molecule has 1 unspecified atom stereocenters. The van der Waals surface area contributed by atoms with Gasteiger partial charge in [0.05, 0.1) is 19.3 Å². The Morgan fingerprint density at radius 1 is 1.25 bits per heavy atom. The first-order valence-corrected chi connectivity index (χ1v) is 7.20. The first kappa shape index (κ1) is 14.2. The van der Waals surface area contributed by atoms with Gasteiger partial charge in [-0.3, -0.25) is 0 Å². The Morgan fingerprint density at radius 3 is 2.62 bits per heavy atom. The zero-order valence-electron chi connectivity index (χ0n) is 9.29. The van der Waals surface area contributed by atoms with Crippen LogP contribution in [0.2, 0.25) is 0 Å². The van der Waals surface area contributed by atoms with Gasteiger partial charge in [-0.15, -0.1) is 0 Å². The van der Waals surface area contributed by atoms with Crippen molar-refractivity contribution >= 4 is 31.9 Å². The summed E-state index contributed by atoms with van der Waals surface area (Å²) in [7, 11) is 0. The van der Waals surface area contributed by atoms with Gasteiger partial charge in [-0.2, -0.15) is 0 Å². The highest BCUT2D eigenvalue weighted by Crippen LogP contribution is 2.27. The normalized spacial score (nSPS) is 12.7. The average Bonchev–Trinajstić information content (AvgIpc) is 2.31. The third kappa shape index (κ3) is 4.53. The van der Waals surface area contributed by atoms with Crippen LogP contribution in [0.3, 0.4) is 0 Å². The molecule has 16 heavy (non-hydrogen) atoms. The van der Waals surface area contributed by atoms with Crippen LogP contribution < -0.4 is 0 Å². The Hall–Kier alpha value is 0.1000. The fourth-order valence-electron chi connectivity index (χ4n) is 1.35. The maximum absolute atomic E-state index is 5.76. The number of hydrogen-bond acceptors (Lipinski definition) is 2. The minimum atomic E-state index is 0.0658. The molecule has 0 spiro atoms. The van der Waals surface area contributed by atoms with Crippen LogP contribution in [0.5, 0.6) is 0 Å². The number of ether oxygens (including phenoxy) is 2. The van der Waals surface area contributed by atoms with Crippen molar-refractivity contribution in [2.45, 2.75) is 13.0 Å². The van der Waals surface area contributed by atoms with Crippen molar-refractivity contribution < 1.29 is 9.47 Å². The van der Waals surface area contributed by atoms with E-state index in [0.29, 0.717) is 13.2 Å². The van der Waals surface area contributed by atoms with E-state index in [-0.39, 0.29) is 6.10 Å². The van der Waals surface area contributed by atoms with Crippen LogP contribution in [0.1, 0.15) is 18.6 Å². The molecule has 4 heteroatoms. The summed E-state index contributed by atoms with van der Waals surface area (Å²) >= 11 is 7.00. The second-order valence-corrected chi connectivity index (χ2v) is 4.73. The molecule has 0 heterocycles. The molecule has 0 saturated carbocycles. The molecule has 0 aliphatic heterocycles. The Balaban J connectivity index is 2.51. The van der Waals surface area contributed by atoms with Gasteiger partial charge in [0, 0.05) is 16.4 Å². The highest BCUT2D eigenvalue weighted by Gasteiger charge is 2.12. The molecule has 1 aromatic rings. The molecule has 0 saturated heterocycles. The van der Waals surface area contributed by atoms with Gasteiger partial charge in [-0.05, 0) is 18.6 Å². The van der Waals surface area contributed by atoms with E-state index >= 15 is 0 Å². The summed E-state index contributed by atoms with van der Waals surface area (Å²) in [5, 5.41) is 0.780. The van der Waals surface area contributed by atoms with Gasteiger partial charge in [0.1, 0.15) is 0 Å². The van der Waals surface area contributed by atoms with E-state index in [2.05, 4.69) is 37.9 Å². The summed E-state index contributed by atoms with van der Waals surface area (Å²) in [5.74, 6) is 0. The number of hydrogen-bond donors (Lipinski definition) is 0. The van der Waals surface area contributed by atoms with Crippen LogP contribution in [-0.4, -0.2) is 25.2 Å². The summed E-state index contributed by atoms with van der Waals surface area (Å²) in [5.41, 5.74) is 1.16. The zero-order chi connectivity index (χ0) is 11.8. The quantitative estimate of drug-likeness (QED) is 0.547. The van der Waals surface area contributed by atoms with Gasteiger partial charge in [0.25, 0.3) is 0 Å². The molecular weight excluding hydrogens is 336 g/mol. The number of halogens is 2. The van der Waals surface area contributed by atoms with Crippen LogP contribution in [0.25, 0.3) is 0 Å². The monoisotopic (exact) mass is 350 g/mol. The Labute approximate surface area is 114 Å². The minimum Gasteiger partial charge on any atom is -0.379 e. The number of rotatable bonds is 7. The largest absolute Gasteiger partial charge is 0.379 e. The molecule has 0 amide bonds. The van der Waals surface area contributed by atoms with E-state index in [1.807, 2.05) is 25.1 Å². The van der Waals surface area contributed by atoms with Crippen molar-refractivity contribution in [2.75, 3.05) is 25.2 Å². The van der Waals surface area contributed by atoms with E-state index in [1.165, 1.54) is 0 Å².